The Morgan fingerprint density at radius 1 is 1.29 bits per heavy atom. The highest BCUT2D eigenvalue weighted by Crippen LogP contribution is 2.22. The molecule has 0 radical (unpaired) electrons. The fraction of sp³-hybridized carbons (Fsp3) is 0.312. The summed E-state index contributed by atoms with van der Waals surface area (Å²) in [7, 11) is 1.56. The molecule has 0 aliphatic heterocycles. The van der Waals surface area contributed by atoms with Crippen LogP contribution in [0.1, 0.15) is 21.5 Å². The zero-order valence-corrected chi connectivity index (χ0v) is 12.4. The lowest BCUT2D eigenvalue weighted by atomic mass is 10.0. The topological polar surface area (TPSA) is 61.2 Å². The molecule has 0 amide bonds. The lowest BCUT2D eigenvalue weighted by Gasteiger charge is -2.10. The van der Waals surface area contributed by atoms with E-state index in [0.717, 1.165) is 16.7 Å². The van der Waals surface area contributed by atoms with Crippen molar-refractivity contribution in [2.45, 2.75) is 20.4 Å². The first kappa shape index (κ1) is 15.1. The molecule has 0 fully saturated rings. The van der Waals surface area contributed by atoms with E-state index in [-0.39, 0.29) is 5.56 Å². The largest absolute Gasteiger partial charge is 0.383 e. The molecule has 5 heteroatoms. The summed E-state index contributed by atoms with van der Waals surface area (Å²) < 4.78 is 6.26. The predicted octanol–water partition coefficient (Wildman–Crippen LogP) is 1.99. The molecule has 1 aromatic heterocycles. The van der Waals surface area contributed by atoms with E-state index < -0.39 is 5.56 Å². The first-order valence-corrected chi connectivity index (χ1v) is 6.70. The number of aromatic nitrogens is 2. The summed E-state index contributed by atoms with van der Waals surface area (Å²) in [6.07, 6.45) is 0.571. The van der Waals surface area contributed by atoms with Gasteiger partial charge in [0.1, 0.15) is 0 Å². The quantitative estimate of drug-likeness (QED) is 0.789. The van der Waals surface area contributed by atoms with Crippen LogP contribution in [-0.2, 0) is 11.3 Å². The van der Waals surface area contributed by atoms with Crippen LogP contribution in [0.15, 0.2) is 29.1 Å². The first-order valence-electron chi connectivity index (χ1n) is 6.70. The summed E-state index contributed by atoms with van der Waals surface area (Å²) in [5, 5.41) is 4.36. The maximum absolute atomic E-state index is 12.1. The van der Waals surface area contributed by atoms with Gasteiger partial charge in [0.2, 0.25) is 0 Å². The van der Waals surface area contributed by atoms with E-state index in [1.54, 1.807) is 13.2 Å². The molecule has 0 saturated carbocycles. The standard InChI is InChI=1S/C16H18N2O3/c1-11-4-5-12(2)14(8-11)15-9-13(10-19)16(20)18(17-15)6-7-21-3/h4-5,8-10H,6-7H2,1-3H3. The van der Waals surface area contributed by atoms with Crippen molar-refractivity contribution in [2.24, 2.45) is 0 Å². The van der Waals surface area contributed by atoms with Gasteiger partial charge in [-0.1, -0.05) is 17.7 Å². The van der Waals surface area contributed by atoms with Crippen molar-refractivity contribution >= 4 is 6.29 Å². The minimum atomic E-state index is -0.392. The Bertz CT molecular complexity index is 720. The summed E-state index contributed by atoms with van der Waals surface area (Å²) in [6.45, 7) is 4.64. The maximum atomic E-state index is 12.1. The number of rotatable bonds is 5. The van der Waals surface area contributed by atoms with Gasteiger partial charge in [-0.3, -0.25) is 9.59 Å². The van der Waals surface area contributed by atoms with Crippen LogP contribution >= 0.6 is 0 Å². The highest BCUT2D eigenvalue weighted by atomic mass is 16.5. The zero-order chi connectivity index (χ0) is 15.4. The SMILES string of the molecule is COCCn1nc(-c2cc(C)ccc2C)cc(C=O)c1=O. The van der Waals surface area contributed by atoms with Gasteiger partial charge in [0.05, 0.1) is 24.4 Å². The van der Waals surface area contributed by atoms with Crippen molar-refractivity contribution < 1.29 is 9.53 Å². The van der Waals surface area contributed by atoms with Gasteiger partial charge in [0.25, 0.3) is 5.56 Å². The van der Waals surface area contributed by atoms with Crippen LogP contribution in [0.2, 0.25) is 0 Å². The van der Waals surface area contributed by atoms with Crippen molar-refractivity contribution in [1.29, 1.82) is 0 Å². The number of aldehydes is 1. The summed E-state index contributed by atoms with van der Waals surface area (Å²) >= 11 is 0. The molecule has 1 aromatic carbocycles. The number of methoxy groups -OCH3 is 1. The molecular weight excluding hydrogens is 268 g/mol. The van der Waals surface area contributed by atoms with Gasteiger partial charge in [-0.15, -0.1) is 0 Å². The van der Waals surface area contributed by atoms with Crippen LogP contribution in [0.4, 0.5) is 0 Å². The first-order chi connectivity index (χ1) is 10.1. The fourth-order valence-corrected chi connectivity index (χ4v) is 2.12. The molecule has 0 aliphatic rings. The van der Waals surface area contributed by atoms with E-state index in [1.165, 1.54) is 4.68 Å². The van der Waals surface area contributed by atoms with E-state index in [9.17, 15) is 9.59 Å². The number of hydrogen-bond acceptors (Lipinski definition) is 4. The molecule has 0 saturated heterocycles. The molecule has 0 bridgehead atoms. The Labute approximate surface area is 123 Å². The van der Waals surface area contributed by atoms with Crippen molar-refractivity contribution in [3.05, 3.63) is 51.3 Å². The van der Waals surface area contributed by atoms with Crippen LogP contribution in [0, 0.1) is 13.8 Å². The number of carbonyl (C=O) groups is 1. The Kier molecular flexibility index (Phi) is 4.65. The molecule has 2 rings (SSSR count). The third kappa shape index (κ3) is 3.25. The number of hydrogen-bond donors (Lipinski definition) is 0. The summed E-state index contributed by atoms with van der Waals surface area (Å²) in [6, 6.07) is 7.55. The molecule has 5 nitrogen and oxygen atoms in total. The Morgan fingerprint density at radius 2 is 2.05 bits per heavy atom. The predicted molar refractivity (Wildman–Crippen MR) is 80.7 cm³/mol. The van der Waals surface area contributed by atoms with E-state index in [0.29, 0.717) is 25.1 Å². The molecule has 2 aromatic rings. The third-order valence-electron chi connectivity index (χ3n) is 3.31. The number of ether oxygens (including phenoxy) is 1. The van der Waals surface area contributed by atoms with Gasteiger partial charge in [-0.25, -0.2) is 4.68 Å². The van der Waals surface area contributed by atoms with Crippen molar-refractivity contribution in [3.8, 4) is 11.3 Å². The highest BCUT2D eigenvalue weighted by Gasteiger charge is 2.11. The van der Waals surface area contributed by atoms with Crippen LogP contribution in [0.25, 0.3) is 11.3 Å². The maximum Gasteiger partial charge on any atom is 0.277 e. The lowest BCUT2D eigenvalue weighted by molar-refractivity contribution is 0.112. The fourth-order valence-electron chi connectivity index (χ4n) is 2.12. The molecule has 110 valence electrons. The van der Waals surface area contributed by atoms with Crippen molar-refractivity contribution in [1.82, 2.24) is 9.78 Å². The second-order valence-electron chi connectivity index (χ2n) is 4.94. The Hall–Kier alpha value is -2.27. The average Bonchev–Trinajstić information content (AvgIpc) is 2.48. The molecular formula is C16H18N2O3. The van der Waals surface area contributed by atoms with Crippen LogP contribution in [0.3, 0.4) is 0 Å². The van der Waals surface area contributed by atoms with Gasteiger partial charge < -0.3 is 4.74 Å². The lowest BCUT2D eigenvalue weighted by Crippen LogP contribution is -2.28. The number of nitrogens with zero attached hydrogens (tertiary/aromatic N) is 2. The molecule has 0 unspecified atom stereocenters. The summed E-state index contributed by atoms with van der Waals surface area (Å²) in [5.41, 5.74) is 3.40. The Morgan fingerprint density at radius 3 is 2.71 bits per heavy atom. The molecule has 0 spiro atoms. The van der Waals surface area contributed by atoms with Gasteiger partial charge in [0.15, 0.2) is 6.29 Å². The van der Waals surface area contributed by atoms with Crippen LogP contribution in [-0.4, -0.2) is 29.8 Å². The van der Waals surface area contributed by atoms with E-state index in [1.807, 2.05) is 32.0 Å². The molecule has 0 N–H and O–H groups in total. The van der Waals surface area contributed by atoms with Gasteiger partial charge in [0, 0.05) is 12.7 Å². The van der Waals surface area contributed by atoms with Crippen molar-refractivity contribution in [3.63, 3.8) is 0 Å². The smallest absolute Gasteiger partial charge is 0.277 e. The Balaban J connectivity index is 2.60. The number of benzene rings is 1. The van der Waals surface area contributed by atoms with E-state index in [4.69, 9.17) is 4.74 Å². The third-order valence-corrected chi connectivity index (χ3v) is 3.31. The minimum absolute atomic E-state index is 0.108. The molecule has 1 heterocycles. The second-order valence-corrected chi connectivity index (χ2v) is 4.94. The van der Waals surface area contributed by atoms with E-state index in [2.05, 4.69) is 5.10 Å². The van der Waals surface area contributed by atoms with Crippen LogP contribution in [0.5, 0.6) is 0 Å². The van der Waals surface area contributed by atoms with Gasteiger partial charge in [-0.2, -0.15) is 5.10 Å². The molecule has 0 atom stereocenters. The van der Waals surface area contributed by atoms with E-state index >= 15 is 0 Å². The normalized spacial score (nSPS) is 10.6. The highest BCUT2D eigenvalue weighted by molar-refractivity contribution is 5.77. The van der Waals surface area contributed by atoms with Crippen LogP contribution < -0.4 is 5.56 Å². The minimum Gasteiger partial charge on any atom is -0.383 e. The summed E-state index contributed by atoms with van der Waals surface area (Å²) in [4.78, 5) is 23.2. The zero-order valence-electron chi connectivity index (χ0n) is 12.4. The second kappa shape index (κ2) is 6.45. The number of carbonyl (C=O) groups excluding carboxylic acids is 1. The molecule has 21 heavy (non-hydrogen) atoms. The van der Waals surface area contributed by atoms with Gasteiger partial charge >= 0.3 is 0 Å². The van der Waals surface area contributed by atoms with Crippen molar-refractivity contribution in [2.75, 3.05) is 13.7 Å². The molecule has 0 aliphatic carbocycles. The average molecular weight is 286 g/mol. The summed E-state index contributed by atoms with van der Waals surface area (Å²) in [5.74, 6) is 0. The number of aryl methyl sites for hydroxylation is 2. The monoisotopic (exact) mass is 286 g/mol. The van der Waals surface area contributed by atoms with Gasteiger partial charge in [-0.05, 0) is 31.5 Å².